The Morgan fingerprint density at radius 3 is 2.81 bits per heavy atom. The van der Waals surface area contributed by atoms with E-state index >= 15 is 0 Å². The van der Waals surface area contributed by atoms with Crippen LogP contribution in [0.25, 0.3) is 22.2 Å². The molecule has 130 valence electrons. The molecule has 4 aromatic rings. The van der Waals surface area contributed by atoms with Crippen LogP contribution in [0.1, 0.15) is 5.56 Å². The van der Waals surface area contributed by atoms with Crippen LogP contribution in [0.15, 0.2) is 61.1 Å². The van der Waals surface area contributed by atoms with Crippen LogP contribution in [0.5, 0.6) is 0 Å². The van der Waals surface area contributed by atoms with Gasteiger partial charge in [-0.05, 0) is 30.3 Å². The van der Waals surface area contributed by atoms with E-state index in [2.05, 4.69) is 20.3 Å². The summed E-state index contributed by atoms with van der Waals surface area (Å²) < 4.78 is 14.3. The fraction of sp³-hybridized carbons (Fsp3) is 0. The average molecular weight is 376 g/mol. The summed E-state index contributed by atoms with van der Waals surface area (Å²) >= 11 is 6.03. The van der Waals surface area contributed by atoms with Gasteiger partial charge in [-0.15, -0.1) is 0 Å². The Morgan fingerprint density at radius 2 is 1.96 bits per heavy atom. The molecule has 5 nitrogen and oxygen atoms in total. The lowest BCUT2D eigenvalue weighted by Crippen LogP contribution is -2.00. The molecule has 2 heterocycles. The lowest BCUT2D eigenvalue weighted by molar-refractivity contribution is 0.631. The van der Waals surface area contributed by atoms with E-state index in [-0.39, 0.29) is 0 Å². The second kappa shape index (κ2) is 6.98. The number of fused-ring (bicyclic) bond motifs is 1. The van der Waals surface area contributed by atoms with Gasteiger partial charge in [-0.2, -0.15) is 5.26 Å². The summed E-state index contributed by atoms with van der Waals surface area (Å²) in [7, 11) is 0. The lowest BCUT2D eigenvalue weighted by Gasteiger charge is -2.13. The first-order valence-corrected chi connectivity index (χ1v) is 8.36. The van der Waals surface area contributed by atoms with E-state index in [0.29, 0.717) is 38.9 Å². The molecular weight excluding hydrogens is 365 g/mol. The van der Waals surface area contributed by atoms with Crippen LogP contribution in [0.2, 0.25) is 5.02 Å². The number of pyridine rings is 1. The summed E-state index contributed by atoms with van der Waals surface area (Å²) in [5.41, 5.74) is 2.33. The second-order valence-corrected chi connectivity index (χ2v) is 6.15. The maximum Gasteiger partial charge on any atom is 0.151 e. The van der Waals surface area contributed by atoms with Crippen LogP contribution >= 0.6 is 11.6 Å². The maximum absolute atomic E-state index is 14.3. The number of nitriles is 1. The number of anilines is 2. The summed E-state index contributed by atoms with van der Waals surface area (Å²) in [5, 5.41) is 13.6. The molecule has 0 amide bonds. The topological polar surface area (TPSA) is 74.5 Å². The molecule has 0 aliphatic rings. The quantitative estimate of drug-likeness (QED) is 0.539. The average Bonchev–Trinajstić information content (AvgIpc) is 2.70. The van der Waals surface area contributed by atoms with Crippen LogP contribution in [0.4, 0.5) is 15.9 Å². The van der Waals surface area contributed by atoms with E-state index in [0.717, 1.165) is 5.39 Å². The first kappa shape index (κ1) is 16.9. The highest BCUT2D eigenvalue weighted by molar-refractivity contribution is 6.30. The third-order valence-electron chi connectivity index (χ3n) is 4.01. The maximum atomic E-state index is 14.3. The number of nitrogens with zero attached hydrogens (tertiary/aromatic N) is 4. The predicted octanol–water partition coefficient (Wildman–Crippen LogP) is 5.10. The molecule has 0 aliphatic carbocycles. The van der Waals surface area contributed by atoms with Gasteiger partial charge in [0.05, 0.1) is 23.1 Å². The van der Waals surface area contributed by atoms with Gasteiger partial charge in [0.25, 0.3) is 0 Å². The van der Waals surface area contributed by atoms with E-state index < -0.39 is 5.82 Å². The smallest absolute Gasteiger partial charge is 0.151 e. The molecule has 0 unspecified atom stereocenters. The number of hydrogen-bond donors (Lipinski definition) is 1. The van der Waals surface area contributed by atoms with Crippen LogP contribution in [-0.4, -0.2) is 15.0 Å². The molecule has 7 heteroatoms. The van der Waals surface area contributed by atoms with Gasteiger partial charge < -0.3 is 5.32 Å². The van der Waals surface area contributed by atoms with Crippen molar-refractivity contribution in [2.24, 2.45) is 0 Å². The highest BCUT2D eigenvalue weighted by atomic mass is 35.5. The highest BCUT2D eigenvalue weighted by Gasteiger charge is 2.13. The number of para-hydroxylation sites is 1. The molecule has 0 fully saturated rings. The van der Waals surface area contributed by atoms with Crippen molar-refractivity contribution in [3.05, 3.63) is 77.5 Å². The van der Waals surface area contributed by atoms with Crippen LogP contribution < -0.4 is 5.32 Å². The molecule has 0 saturated heterocycles. The Bertz CT molecular complexity index is 1200. The standard InChI is InChI=1S/C20H11ClFN5/c21-13-5-6-16(22)15(7-13)19-8-18(14-3-1-2-4-17(14)26-19)27-20-12(9-23)10-24-11-25-20/h1-8,10-11H,(H,24,25,26,27). The predicted molar refractivity (Wildman–Crippen MR) is 102 cm³/mol. The summed E-state index contributed by atoms with van der Waals surface area (Å²) in [6, 6.07) is 15.5. The van der Waals surface area contributed by atoms with Crippen molar-refractivity contribution in [2.45, 2.75) is 0 Å². The lowest BCUT2D eigenvalue weighted by atomic mass is 10.1. The summed E-state index contributed by atoms with van der Waals surface area (Å²) in [5.74, 6) is -0.0609. The SMILES string of the molecule is N#Cc1cncnc1Nc1cc(-c2cc(Cl)ccc2F)nc2ccccc12. The van der Waals surface area contributed by atoms with Gasteiger partial charge in [0, 0.05) is 16.0 Å². The molecule has 0 bridgehead atoms. The van der Waals surface area contributed by atoms with Gasteiger partial charge in [0.15, 0.2) is 5.82 Å². The summed E-state index contributed by atoms with van der Waals surface area (Å²) in [4.78, 5) is 12.5. The molecule has 2 aromatic heterocycles. The minimum atomic E-state index is -0.423. The fourth-order valence-corrected chi connectivity index (χ4v) is 2.92. The van der Waals surface area contributed by atoms with Crippen molar-refractivity contribution >= 4 is 34.0 Å². The molecule has 0 saturated carbocycles. The van der Waals surface area contributed by atoms with Crippen molar-refractivity contribution in [1.29, 1.82) is 5.26 Å². The molecule has 4 rings (SSSR count). The molecule has 1 N–H and O–H groups in total. The molecule has 0 spiro atoms. The first-order chi connectivity index (χ1) is 13.2. The Balaban J connectivity index is 1.92. The van der Waals surface area contributed by atoms with Gasteiger partial charge in [-0.3, -0.25) is 0 Å². The summed E-state index contributed by atoms with van der Waals surface area (Å²) in [6.07, 6.45) is 2.78. The number of nitrogens with one attached hydrogen (secondary N) is 1. The van der Waals surface area contributed by atoms with Gasteiger partial charge in [0.2, 0.25) is 0 Å². The Kier molecular flexibility index (Phi) is 4.37. The van der Waals surface area contributed by atoms with Crippen molar-refractivity contribution < 1.29 is 4.39 Å². The molecule has 0 aliphatic heterocycles. The molecule has 27 heavy (non-hydrogen) atoms. The summed E-state index contributed by atoms with van der Waals surface area (Å²) in [6.45, 7) is 0. The number of hydrogen-bond acceptors (Lipinski definition) is 5. The zero-order valence-electron chi connectivity index (χ0n) is 13.8. The van der Waals surface area contributed by atoms with Crippen molar-refractivity contribution in [1.82, 2.24) is 15.0 Å². The van der Waals surface area contributed by atoms with Gasteiger partial charge in [0.1, 0.15) is 23.8 Å². The van der Waals surface area contributed by atoms with E-state index in [1.54, 1.807) is 6.07 Å². The third-order valence-corrected chi connectivity index (χ3v) is 4.24. The highest BCUT2D eigenvalue weighted by Crippen LogP contribution is 2.32. The number of rotatable bonds is 3. The largest absolute Gasteiger partial charge is 0.338 e. The minimum Gasteiger partial charge on any atom is -0.338 e. The Labute approximate surface area is 159 Å². The zero-order valence-corrected chi connectivity index (χ0v) is 14.6. The minimum absolute atomic E-state index is 0.291. The van der Waals surface area contributed by atoms with Crippen LogP contribution in [0, 0.1) is 17.1 Å². The van der Waals surface area contributed by atoms with E-state index in [4.69, 9.17) is 11.6 Å². The zero-order chi connectivity index (χ0) is 18.8. The normalized spacial score (nSPS) is 10.6. The van der Waals surface area contributed by atoms with Gasteiger partial charge in [-0.25, -0.2) is 19.3 Å². The number of aromatic nitrogens is 3. The molecule has 0 atom stereocenters. The number of halogens is 2. The Hall–Kier alpha value is -3.56. The van der Waals surface area contributed by atoms with Gasteiger partial charge >= 0.3 is 0 Å². The molecular formula is C20H11ClFN5. The molecule has 0 radical (unpaired) electrons. The Morgan fingerprint density at radius 1 is 1.11 bits per heavy atom. The number of benzene rings is 2. The van der Waals surface area contributed by atoms with Crippen molar-refractivity contribution in [3.63, 3.8) is 0 Å². The van der Waals surface area contributed by atoms with E-state index in [1.807, 2.05) is 30.3 Å². The fourth-order valence-electron chi connectivity index (χ4n) is 2.75. The van der Waals surface area contributed by atoms with Crippen LogP contribution in [0.3, 0.4) is 0 Å². The van der Waals surface area contributed by atoms with Crippen molar-refractivity contribution in [2.75, 3.05) is 5.32 Å². The first-order valence-electron chi connectivity index (χ1n) is 7.98. The second-order valence-electron chi connectivity index (χ2n) is 5.72. The van der Waals surface area contributed by atoms with Gasteiger partial charge in [-0.1, -0.05) is 29.8 Å². The molecule has 2 aromatic carbocycles. The van der Waals surface area contributed by atoms with Crippen molar-refractivity contribution in [3.8, 4) is 17.3 Å². The van der Waals surface area contributed by atoms with E-state index in [1.165, 1.54) is 30.7 Å². The van der Waals surface area contributed by atoms with Crippen LogP contribution in [-0.2, 0) is 0 Å². The third kappa shape index (κ3) is 3.28. The van der Waals surface area contributed by atoms with E-state index in [9.17, 15) is 9.65 Å². The monoisotopic (exact) mass is 375 g/mol.